The highest BCUT2D eigenvalue weighted by molar-refractivity contribution is 6.34. The zero-order valence-corrected chi connectivity index (χ0v) is 22.4. The van der Waals surface area contributed by atoms with E-state index in [0.717, 1.165) is 69.8 Å². The zero-order valence-electron chi connectivity index (χ0n) is 20.9. The summed E-state index contributed by atoms with van der Waals surface area (Å²) in [5.74, 6) is 0.477. The summed E-state index contributed by atoms with van der Waals surface area (Å²) in [6.07, 6.45) is 4.76. The molecule has 2 N–H and O–H groups in total. The predicted octanol–water partition coefficient (Wildman–Crippen LogP) is 4.73. The highest BCUT2D eigenvalue weighted by Gasteiger charge is 2.28. The number of anilines is 1. The van der Waals surface area contributed by atoms with Crippen molar-refractivity contribution in [2.45, 2.75) is 51.5 Å². The van der Waals surface area contributed by atoms with Crippen molar-refractivity contribution < 1.29 is 14.3 Å². The van der Waals surface area contributed by atoms with Crippen LogP contribution in [0.25, 0.3) is 0 Å². The van der Waals surface area contributed by atoms with Crippen molar-refractivity contribution in [3.05, 3.63) is 56.7 Å². The maximum atomic E-state index is 13.1. The Morgan fingerprint density at radius 3 is 2.61 bits per heavy atom. The van der Waals surface area contributed by atoms with Crippen molar-refractivity contribution in [1.29, 1.82) is 0 Å². The fraction of sp³-hybridized carbons (Fsp3) is 0.519. The van der Waals surface area contributed by atoms with Crippen LogP contribution < -0.4 is 10.6 Å². The maximum Gasteiger partial charge on any atom is 0.307 e. The Balaban J connectivity index is 1.31. The molecule has 3 heterocycles. The molecule has 4 rings (SSSR count). The number of carbonyl (C=O) groups is 2. The minimum Gasteiger partial charge on any atom is -0.469 e. The lowest BCUT2D eigenvalue weighted by Gasteiger charge is -2.32. The number of hydrogen-bond donors (Lipinski definition) is 2. The molecule has 0 unspecified atom stereocenters. The van der Waals surface area contributed by atoms with Gasteiger partial charge in [0.15, 0.2) is 0 Å². The Kier molecular flexibility index (Phi) is 9.09. The van der Waals surface area contributed by atoms with Crippen molar-refractivity contribution in [3.8, 4) is 0 Å². The van der Waals surface area contributed by atoms with Crippen LogP contribution in [0.5, 0.6) is 0 Å². The van der Waals surface area contributed by atoms with Gasteiger partial charge < -0.3 is 20.3 Å². The number of carbonyl (C=O) groups excluding carboxylic acids is 2. The third-order valence-electron chi connectivity index (χ3n) is 7.17. The number of methoxy groups -OCH3 is 1. The number of amides is 1. The van der Waals surface area contributed by atoms with Crippen LogP contribution in [0.3, 0.4) is 0 Å². The SMILES string of the molecule is COC(=O)C[C@H](NC(=O)C1CCN(CCc2cc3c(nc2C)NCCC3)CC1)c1cc(Cl)cc(Cl)c1. The molecule has 1 atom stereocenters. The first-order chi connectivity index (χ1) is 17.3. The standard InChI is InChI=1S/C27H34Cl2N4O3/c1-17-19(12-20-4-3-8-30-26(20)31-17)7-11-33-9-5-18(6-10-33)27(35)32-24(16-25(34)36-2)21-13-22(28)15-23(29)14-21/h12-15,18,24H,3-11,16H2,1-2H3,(H,30,31)(H,32,35)/t24-/m0/s1. The highest BCUT2D eigenvalue weighted by Crippen LogP contribution is 2.28. The van der Waals surface area contributed by atoms with Gasteiger partial charge in [-0.05, 0) is 87.0 Å². The van der Waals surface area contributed by atoms with Crippen LogP contribution in [0.15, 0.2) is 24.3 Å². The average Bonchev–Trinajstić information content (AvgIpc) is 2.86. The maximum absolute atomic E-state index is 13.1. The molecule has 2 aromatic rings. The molecule has 7 nitrogen and oxygen atoms in total. The molecule has 1 aromatic heterocycles. The van der Waals surface area contributed by atoms with Gasteiger partial charge in [-0.25, -0.2) is 4.98 Å². The van der Waals surface area contributed by atoms with Gasteiger partial charge in [0.1, 0.15) is 5.82 Å². The van der Waals surface area contributed by atoms with Gasteiger partial charge >= 0.3 is 5.97 Å². The highest BCUT2D eigenvalue weighted by atomic mass is 35.5. The smallest absolute Gasteiger partial charge is 0.307 e. The summed E-state index contributed by atoms with van der Waals surface area (Å²) in [5.41, 5.74) is 4.41. The predicted molar refractivity (Wildman–Crippen MR) is 143 cm³/mol. The minimum atomic E-state index is -0.548. The number of pyridine rings is 1. The number of fused-ring (bicyclic) bond motifs is 1. The number of esters is 1. The molecule has 1 amide bonds. The number of likely N-dealkylation sites (tertiary alicyclic amines) is 1. The van der Waals surface area contributed by atoms with Crippen LogP contribution in [0.4, 0.5) is 5.82 Å². The summed E-state index contributed by atoms with van der Waals surface area (Å²) in [6.45, 7) is 5.76. The second kappa shape index (κ2) is 12.3. The van der Waals surface area contributed by atoms with Gasteiger partial charge in [-0.1, -0.05) is 29.3 Å². The van der Waals surface area contributed by atoms with E-state index < -0.39 is 12.0 Å². The van der Waals surface area contributed by atoms with Crippen LogP contribution in [-0.2, 0) is 27.2 Å². The molecule has 0 bridgehead atoms. The second-order valence-corrected chi connectivity index (χ2v) is 10.6. The van der Waals surface area contributed by atoms with Gasteiger partial charge in [0.2, 0.25) is 5.91 Å². The summed E-state index contributed by atoms with van der Waals surface area (Å²) in [7, 11) is 1.33. The topological polar surface area (TPSA) is 83.6 Å². The number of aromatic nitrogens is 1. The number of benzene rings is 1. The largest absolute Gasteiger partial charge is 0.469 e. The molecule has 9 heteroatoms. The molecule has 0 saturated carbocycles. The number of halogens is 2. The normalized spacial score (nSPS) is 17.1. The number of aryl methyl sites for hydroxylation is 2. The third kappa shape index (κ3) is 6.90. The van der Waals surface area contributed by atoms with E-state index in [4.69, 9.17) is 32.9 Å². The Labute approximate surface area is 222 Å². The van der Waals surface area contributed by atoms with E-state index in [9.17, 15) is 9.59 Å². The van der Waals surface area contributed by atoms with Crippen LogP contribution in [0, 0.1) is 12.8 Å². The lowest BCUT2D eigenvalue weighted by atomic mass is 9.94. The fourth-order valence-corrected chi connectivity index (χ4v) is 5.59. The molecule has 36 heavy (non-hydrogen) atoms. The molecule has 1 fully saturated rings. The number of hydrogen-bond acceptors (Lipinski definition) is 6. The quantitative estimate of drug-likeness (QED) is 0.478. The van der Waals surface area contributed by atoms with Crippen LogP contribution >= 0.6 is 23.2 Å². The number of rotatable bonds is 8. The summed E-state index contributed by atoms with van der Waals surface area (Å²) in [6, 6.07) is 6.83. The van der Waals surface area contributed by atoms with Crippen molar-refractivity contribution in [1.82, 2.24) is 15.2 Å². The van der Waals surface area contributed by atoms with Gasteiger partial charge in [0.05, 0.1) is 19.6 Å². The van der Waals surface area contributed by atoms with Gasteiger partial charge in [0.25, 0.3) is 0 Å². The molecule has 1 aromatic carbocycles. The van der Waals surface area contributed by atoms with E-state index >= 15 is 0 Å². The summed E-state index contributed by atoms with van der Waals surface area (Å²) >= 11 is 12.3. The fourth-order valence-electron chi connectivity index (χ4n) is 5.04. The van der Waals surface area contributed by atoms with E-state index in [1.165, 1.54) is 18.2 Å². The number of ether oxygens (including phenoxy) is 1. The van der Waals surface area contributed by atoms with Gasteiger partial charge in [0, 0.05) is 34.7 Å². The molecule has 2 aliphatic heterocycles. The van der Waals surface area contributed by atoms with E-state index in [1.807, 2.05) is 0 Å². The summed E-state index contributed by atoms with van der Waals surface area (Å²) < 4.78 is 4.84. The first-order valence-corrected chi connectivity index (χ1v) is 13.4. The van der Waals surface area contributed by atoms with E-state index in [-0.39, 0.29) is 18.2 Å². The van der Waals surface area contributed by atoms with Gasteiger partial charge in [-0.15, -0.1) is 0 Å². The Morgan fingerprint density at radius 1 is 1.19 bits per heavy atom. The molecule has 0 radical (unpaired) electrons. The first-order valence-electron chi connectivity index (χ1n) is 12.6. The molecule has 0 aliphatic carbocycles. The summed E-state index contributed by atoms with van der Waals surface area (Å²) in [5, 5.41) is 7.35. The number of nitrogens with one attached hydrogen (secondary N) is 2. The first kappa shape index (κ1) is 26.7. The molecule has 0 spiro atoms. The zero-order chi connectivity index (χ0) is 25.7. The Morgan fingerprint density at radius 2 is 1.92 bits per heavy atom. The molecule has 2 aliphatic rings. The lowest BCUT2D eigenvalue weighted by Crippen LogP contribution is -2.42. The van der Waals surface area contributed by atoms with Gasteiger partial charge in [-0.3, -0.25) is 9.59 Å². The van der Waals surface area contributed by atoms with Crippen LogP contribution in [0.2, 0.25) is 10.0 Å². The Bertz CT molecular complexity index is 1080. The average molecular weight is 534 g/mol. The van der Waals surface area contributed by atoms with Crippen LogP contribution in [-0.4, -0.2) is 55.0 Å². The summed E-state index contributed by atoms with van der Waals surface area (Å²) in [4.78, 5) is 32.3. The second-order valence-electron chi connectivity index (χ2n) is 9.68. The molecule has 194 valence electrons. The third-order valence-corrected chi connectivity index (χ3v) is 7.61. The van der Waals surface area contributed by atoms with Crippen LogP contribution in [0.1, 0.15) is 54.1 Å². The van der Waals surface area contributed by atoms with Crippen molar-refractivity contribution in [2.75, 3.05) is 38.6 Å². The molecular weight excluding hydrogens is 499 g/mol. The lowest BCUT2D eigenvalue weighted by molar-refractivity contribution is -0.141. The van der Waals surface area contributed by atoms with E-state index in [2.05, 4.69) is 28.5 Å². The molecule has 1 saturated heterocycles. The Hall–Kier alpha value is -2.35. The van der Waals surface area contributed by atoms with Crippen molar-refractivity contribution in [2.24, 2.45) is 5.92 Å². The monoisotopic (exact) mass is 532 g/mol. The van der Waals surface area contributed by atoms with E-state index in [1.54, 1.807) is 18.2 Å². The molecular formula is C27H34Cl2N4O3. The van der Waals surface area contributed by atoms with Gasteiger partial charge in [-0.2, -0.15) is 0 Å². The van der Waals surface area contributed by atoms with E-state index in [0.29, 0.717) is 15.6 Å². The van der Waals surface area contributed by atoms with Crippen molar-refractivity contribution in [3.63, 3.8) is 0 Å². The minimum absolute atomic E-state index is 0.0153. The number of piperidine rings is 1. The van der Waals surface area contributed by atoms with Crippen molar-refractivity contribution >= 4 is 40.9 Å². The number of nitrogens with zero attached hydrogens (tertiary/aromatic N) is 2.